The van der Waals surface area contributed by atoms with Crippen molar-refractivity contribution < 1.29 is 22.6 Å². The standard InChI is InChI=1S/C13H16N6O3.C7H8O3S/c1-9-7-22-6-5-18(9)13-15-10(2)11(19(20)21)12(16-13)17-4-3-14-8-17;1-6-2-4-7(5-3-6)11(8,9)10/h3-4,8-9H,5-7H2,1-2H3;2-5H,1H3,(H,8,9,10)/t9-;/m0./s1. The van der Waals surface area contributed by atoms with Crippen LogP contribution in [0.1, 0.15) is 18.2 Å². The molecule has 3 heterocycles. The first-order chi connectivity index (χ1) is 15.6. The van der Waals surface area contributed by atoms with E-state index in [-0.39, 0.29) is 22.4 Å². The van der Waals surface area contributed by atoms with Gasteiger partial charge in [-0.2, -0.15) is 13.4 Å². The second kappa shape index (κ2) is 10.0. The molecule has 2 aromatic heterocycles. The molecule has 1 fully saturated rings. The zero-order valence-corrected chi connectivity index (χ0v) is 19.1. The molecule has 1 aliphatic rings. The van der Waals surface area contributed by atoms with Crippen LogP contribution in [0.4, 0.5) is 11.6 Å². The van der Waals surface area contributed by atoms with Crippen molar-refractivity contribution in [3.63, 3.8) is 0 Å². The SMILES string of the molecule is Cc1ccc(S(=O)(=O)O)cc1.Cc1nc(N2CCOC[C@@H]2C)nc(-n2ccnc2)c1[N+](=O)[O-]. The van der Waals surface area contributed by atoms with E-state index >= 15 is 0 Å². The summed E-state index contributed by atoms with van der Waals surface area (Å²) in [5, 5.41) is 11.3. The highest BCUT2D eigenvalue weighted by Crippen LogP contribution is 2.27. The Morgan fingerprint density at radius 3 is 2.45 bits per heavy atom. The Morgan fingerprint density at radius 1 is 1.21 bits per heavy atom. The Kier molecular flexibility index (Phi) is 7.36. The summed E-state index contributed by atoms with van der Waals surface area (Å²) in [6.07, 6.45) is 4.67. The number of imidazole rings is 1. The Labute approximate surface area is 190 Å². The fourth-order valence-corrected chi connectivity index (χ4v) is 3.66. The molecular weight excluding hydrogens is 452 g/mol. The second-order valence-electron chi connectivity index (χ2n) is 7.41. The maximum Gasteiger partial charge on any atom is 0.333 e. The quantitative estimate of drug-likeness (QED) is 0.337. The van der Waals surface area contributed by atoms with Crippen molar-refractivity contribution in [2.45, 2.75) is 31.7 Å². The molecule has 0 spiro atoms. The van der Waals surface area contributed by atoms with E-state index in [0.717, 1.165) is 5.56 Å². The highest BCUT2D eigenvalue weighted by molar-refractivity contribution is 7.85. The molecular formula is C20H24N6O6S. The third kappa shape index (κ3) is 5.88. The maximum absolute atomic E-state index is 11.3. The molecule has 0 amide bonds. The average molecular weight is 477 g/mol. The lowest BCUT2D eigenvalue weighted by atomic mass is 10.2. The Morgan fingerprint density at radius 2 is 1.91 bits per heavy atom. The van der Waals surface area contributed by atoms with Crippen molar-refractivity contribution in [3.05, 3.63) is 64.4 Å². The Balaban J connectivity index is 0.000000235. The van der Waals surface area contributed by atoms with Crippen LogP contribution in [0.3, 0.4) is 0 Å². The summed E-state index contributed by atoms with van der Waals surface area (Å²) < 4.78 is 36.5. The number of anilines is 1. The van der Waals surface area contributed by atoms with Crippen LogP contribution in [0, 0.1) is 24.0 Å². The molecule has 13 heteroatoms. The molecule has 12 nitrogen and oxygen atoms in total. The summed E-state index contributed by atoms with van der Waals surface area (Å²) >= 11 is 0. The topological polar surface area (TPSA) is 154 Å². The van der Waals surface area contributed by atoms with Crippen molar-refractivity contribution in [1.29, 1.82) is 0 Å². The normalized spacial score (nSPS) is 16.1. The third-order valence-electron chi connectivity index (χ3n) is 4.90. The molecule has 1 N–H and O–H groups in total. The van der Waals surface area contributed by atoms with Crippen molar-refractivity contribution in [2.75, 3.05) is 24.7 Å². The van der Waals surface area contributed by atoms with Crippen LogP contribution in [0.15, 0.2) is 47.9 Å². The average Bonchev–Trinajstić information content (AvgIpc) is 3.28. The van der Waals surface area contributed by atoms with Crippen molar-refractivity contribution in [1.82, 2.24) is 19.5 Å². The van der Waals surface area contributed by atoms with E-state index in [0.29, 0.717) is 31.4 Å². The molecule has 0 unspecified atom stereocenters. The number of morpholine rings is 1. The number of hydrogen-bond donors (Lipinski definition) is 1. The van der Waals surface area contributed by atoms with Gasteiger partial charge in [0.05, 0.1) is 29.1 Å². The third-order valence-corrected chi connectivity index (χ3v) is 5.77. The van der Waals surface area contributed by atoms with Crippen LogP contribution in [0.2, 0.25) is 0 Å². The van der Waals surface area contributed by atoms with Gasteiger partial charge in [0.1, 0.15) is 12.0 Å². The van der Waals surface area contributed by atoms with E-state index in [2.05, 4.69) is 15.0 Å². The lowest BCUT2D eigenvalue weighted by Gasteiger charge is -2.33. The van der Waals surface area contributed by atoms with Gasteiger partial charge in [0.15, 0.2) is 0 Å². The van der Waals surface area contributed by atoms with E-state index in [1.54, 1.807) is 31.5 Å². The molecule has 0 saturated carbocycles. The first kappa shape index (κ1) is 24.2. The zero-order chi connectivity index (χ0) is 24.2. The van der Waals surface area contributed by atoms with Crippen molar-refractivity contribution in [2.24, 2.45) is 0 Å². The van der Waals surface area contributed by atoms with Crippen LogP contribution in [0.5, 0.6) is 0 Å². The van der Waals surface area contributed by atoms with Gasteiger partial charge in [0, 0.05) is 18.9 Å². The number of hydrogen-bond acceptors (Lipinski definition) is 9. The van der Waals surface area contributed by atoms with Gasteiger partial charge < -0.3 is 9.64 Å². The summed E-state index contributed by atoms with van der Waals surface area (Å²) in [4.78, 5) is 25.5. The van der Waals surface area contributed by atoms with Gasteiger partial charge >= 0.3 is 5.69 Å². The van der Waals surface area contributed by atoms with Gasteiger partial charge in [-0.15, -0.1) is 0 Å². The maximum atomic E-state index is 11.3. The van der Waals surface area contributed by atoms with E-state index < -0.39 is 15.0 Å². The highest BCUT2D eigenvalue weighted by atomic mass is 32.2. The van der Waals surface area contributed by atoms with Crippen LogP contribution in [-0.2, 0) is 14.9 Å². The molecule has 1 aromatic carbocycles. The molecule has 33 heavy (non-hydrogen) atoms. The van der Waals surface area contributed by atoms with Crippen LogP contribution < -0.4 is 4.90 Å². The number of nitrogens with zero attached hydrogens (tertiary/aromatic N) is 6. The van der Waals surface area contributed by atoms with Crippen LogP contribution in [-0.4, -0.2) is 63.2 Å². The zero-order valence-electron chi connectivity index (χ0n) is 18.3. The van der Waals surface area contributed by atoms with Gasteiger partial charge in [-0.05, 0) is 32.9 Å². The molecule has 4 rings (SSSR count). The summed E-state index contributed by atoms with van der Waals surface area (Å²) in [7, 11) is -4.02. The number of ether oxygens (including phenoxy) is 1. The van der Waals surface area contributed by atoms with Gasteiger partial charge in [-0.1, -0.05) is 17.7 Å². The minimum absolute atomic E-state index is 0.0666. The predicted molar refractivity (Wildman–Crippen MR) is 119 cm³/mol. The number of rotatable bonds is 4. The predicted octanol–water partition coefficient (Wildman–Crippen LogP) is 2.35. The molecule has 0 aliphatic carbocycles. The van der Waals surface area contributed by atoms with E-state index in [1.807, 2.05) is 18.7 Å². The van der Waals surface area contributed by atoms with Gasteiger partial charge in [0.25, 0.3) is 10.1 Å². The molecule has 0 bridgehead atoms. The van der Waals surface area contributed by atoms with Crippen molar-refractivity contribution in [3.8, 4) is 5.82 Å². The number of aromatic nitrogens is 4. The van der Waals surface area contributed by atoms with Gasteiger partial charge in [-0.3, -0.25) is 19.2 Å². The number of nitro groups is 1. The molecule has 176 valence electrons. The molecule has 1 atom stereocenters. The minimum Gasteiger partial charge on any atom is -0.377 e. The first-order valence-corrected chi connectivity index (χ1v) is 11.4. The number of benzene rings is 1. The van der Waals surface area contributed by atoms with Gasteiger partial charge in [-0.25, -0.2) is 9.97 Å². The van der Waals surface area contributed by atoms with Crippen LogP contribution in [0.25, 0.3) is 5.82 Å². The fraction of sp³-hybridized carbons (Fsp3) is 0.350. The largest absolute Gasteiger partial charge is 0.377 e. The number of aryl methyl sites for hydroxylation is 2. The summed E-state index contributed by atoms with van der Waals surface area (Å²) in [5.41, 5.74) is 1.18. The highest BCUT2D eigenvalue weighted by Gasteiger charge is 2.28. The smallest absolute Gasteiger partial charge is 0.333 e. The Bertz CT molecular complexity index is 1210. The second-order valence-corrected chi connectivity index (χ2v) is 8.84. The monoisotopic (exact) mass is 476 g/mol. The molecule has 1 aliphatic heterocycles. The first-order valence-electron chi connectivity index (χ1n) is 9.98. The van der Waals surface area contributed by atoms with Gasteiger partial charge in [0.2, 0.25) is 11.8 Å². The molecule has 1 saturated heterocycles. The van der Waals surface area contributed by atoms with E-state index in [1.165, 1.54) is 23.0 Å². The Hall–Kier alpha value is -3.42. The van der Waals surface area contributed by atoms with E-state index in [9.17, 15) is 18.5 Å². The van der Waals surface area contributed by atoms with Crippen molar-refractivity contribution >= 4 is 21.8 Å². The fourth-order valence-electron chi connectivity index (χ4n) is 3.18. The summed E-state index contributed by atoms with van der Waals surface area (Å²) in [6, 6.07) is 6.10. The molecule has 0 radical (unpaired) electrons. The lowest BCUT2D eigenvalue weighted by molar-refractivity contribution is -0.385. The summed E-state index contributed by atoms with van der Waals surface area (Å²) in [6.45, 7) is 7.30. The molecule has 3 aromatic rings. The minimum atomic E-state index is -4.02. The summed E-state index contributed by atoms with van der Waals surface area (Å²) in [5.74, 6) is 0.700. The van der Waals surface area contributed by atoms with Crippen LogP contribution >= 0.6 is 0 Å². The lowest BCUT2D eigenvalue weighted by Crippen LogP contribution is -2.44. The van der Waals surface area contributed by atoms with E-state index in [4.69, 9.17) is 9.29 Å².